The lowest BCUT2D eigenvalue weighted by Gasteiger charge is -2.38. The van der Waals surface area contributed by atoms with Gasteiger partial charge < -0.3 is 13.9 Å². The monoisotopic (exact) mass is 628 g/mol. The number of carbonyl (C=O) groups is 2. The maximum absolute atomic E-state index is 14.1. The number of tetrazole rings is 1. The zero-order valence-electron chi connectivity index (χ0n) is 27.3. The SMILES string of the molecule is CCOC(=O)[C@@H](O[Si](c1ccccc1)(c1ccccc1)c1ccccc1)[C@H](C(=O)OCC)c1nnnn1C(C)(C)CC(C)(C)C. The van der Waals surface area contributed by atoms with Crippen LogP contribution in [0.25, 0.3) is 0 Å². The van der Waals surface area contributed by atoms with Gasteiger partial charge in [0, 0.05) is 0 Å². The van der Waals surface area contributed by atoms with Crippen LogP contribution < -0.4 is 15.6 Å². The third-order valence-corrected chi connectivity index (χ3v) is 11.6. The average molecular weight is 629 g/mol. The van der Waals surface area contributed by atoms with E-state index in [1.807, 2.05) is 105 Å². The van der Waals surface area contributed by atoms with E-state index < -0.39 is 37.8 Å². The molecule has 0 amide bonds. The van der Waals surface area contributed by atoms with Gasteiger partial charge in [0.15, 0.2) is 17.8 Å². The fourth-order valence-electron chi connectivity index (χ4n) is 6.18. The lowest BCUT2D eigenvalue weighted by atomic mass is 9.81. The number of ether oxygens (including phenoxy) is 2. The Morgan fingerprint density at radius 3 is 1.60 bits per heavy atom. The summed E-state index contributed by atoms with van der Waals surface area (Å²) in [4.78, 5) is 28.2. The van der Waals surface area contributed by atoms with Crippen LogP contribution >= 0.6 is 0 Å². The van der Waals surface area contributed by atoms with Gasteiger partial charge >= 0.3 is 11.9 Å². The van der Waals surface area contributed by atoms with E-state index >= 15 is 0 Å². The maximum Gasteiger partial charge on any atom is 0.335 e. The zero-order chi connectivity index (χ0) is 32.7. The first kappa shape index (κ1) is 33.7. The molecule has 0 bridgehead atoms. The van der Waals surface area contributed by atoms with Crippen LogP contribution in [0.1, 0.15) is 66.6 Å². The molecule has 9 nitrogen and oxygen atoms in total. The predicted octanol–water partition coefficient (Wildman–Crippen LogP) is 4.11. The normalized spacial score (nSPS) is 13.6. The van der Waals surface area contributed by atoms with Crippen LogP contribution in [0.15, 0.2) is 91.0 Å². The van der Waals surface area contributed by atoms with Gasteiger partial charge in [-0.3, -0.25) is 4.79 Å². The average Bonchev–Trinajstić information content (AvgIpc) is 3.50. The number of nitrogens with zero attached hydrogens (tertiary/aromatic N) is 4. The summed E-state index contributed by atoms with van der Waals surface area (Å²) < 4.78 is 20.2. The minimum Gasteiger partial charge on any atom is -0.465 e. The number of esters is 2. The number of carbonyl (C=O) groups excluding carboxylic acids is 2. The Labute approximate surface area is 267 Å². The highest BCUT2D eigenvalue weighted by molar-refractivity contribution is 7.07. The Bertz CT molecular complexity index is 1440. The van der Waals surface area contributed by atoms with Gasteiger partial charge in [0.05, 0.1) is 18.8 Å². The molecule has 0 aliphatic carbocycles. The minimum atomic E-state index is -3.51. The van der Waals surface area contributed by atoms with Crippen molar-refractivity contribution >= 4 is 35.8 Å². The summed E-state index contributed by atoms with van der Waals surface area (Å²) in [6.45, 7) is 14.0. The van der Waals surface area contributed by atoms with Gasteiger partial charge in [-0.15, -0.1) is 5.10 Å². The lowest BCUT2D eigenvalue weighted by Crippen LogP contribution is -2.71. The van der Waals surface area contributed by atoms with Crippen LogP contribution in [0.5, 0.6) is 0 Å². The van der Waals surface area contributed by atoms with Crippen molar-refractivity contribution in [1.82, 2.24) is 20.2 Å². The Hall–Kier alpha value is -4.15. The standard InChI is InChI=1S/C35H44N4O5Si/c1-8-42-32(40)29(31-36-37-38-39(31)35(6,7)25-34(3,4)5)30(33(41)43-9-2)44-45(26-19-13-10-14-20-26,27-21-15-11-16-22-27)28-23-17-12-18-24-28/h10-24,29-30H,8-9,25H2,1-7H3/t29-,30-/m0/s1. The van der Waals surface area contributed by atoms with Crippen LogP contribution in [0.4, 0.5) is 0 Å². The molecule has 0 saturated carbocycles. The van der Waals surface area contributed by atoms with E-state index in [1.165, 1.54) is 0 Å². The summed E-state index contributed by atoms with van der Waals surface area (Å²) in [7, 11) is -3.51. The topological polar surface area (TPSA) is 105 Å². The molecule has 3 aromatic carbocycles. The Balaban J connectivity index is 2.02. The molecule has 4 rings (SSSR count). The highest BCUT2D eigenvalue weighted by atomic mass is 28.4. The van der Waals surface area contributed by atoms with E-state index in [4.69, 9.17) is 13.9 Å². The van der Waals surface area contributed by atoms with Crippen molar-refractivity contribution < 1.29 is 23.5 Å². The number of hydrogen-bond acceptors (Lipinski definition) is 8. The third-order valence-electron chi connectivity index (χ3n) is 7.51. The fraction of sp³-hybridized carbons (Fsp3) is 0.400. The highest BCUT2D eigenvalue weighted by Gasteiger charge is 2.51. The van der Waals surface area contributed by atoms with Crippen molar-refractivity contribution in [3.05, 3.63) is 96.8 Å². The number of rotatable bonds is 13. The first-order chi connectivity index (χ1) is 21.4. The van der Waals surface area contributed by atoms with Gasteiger partial charge in [0.2, 0.25) is 0 Å². The predicted molar refractivity (Wildman–Crippen MR) is 176 cm³/mol. The summed E-state index contributed by atoms with van der Waals surface area (Å²) in [6.07, 6.45) is -0.749. The molecular weight excluding hydrogens is 584 g/mol. The molecule has 0 saturated heterocycles. The molecule has 0 radical (unpaired) electrons. The van der Waals surface area contributed by atoms with E-state index in [0.29, 0.717) is 6.42 Å². The Morgan fingerprint density at radius 2 is 1.18 bits per heavy atom. The summed E-state index contributed by atoms with van der Waals surface area (Å²) in [5.74, 6) is -2.51. The molecule has 238 valence electrons. The van der Waals surface area contributed by atoms with Crippen molar-refractivity contribution in [2.24, 2.45) is 5.41 Å². The van der Waals surface area contributed by atoms with E-state index in [2.05, 4.69) is 36.3 Å². The van der Waals surface area contributed by atoms with Gasteiger partial charge in [0.25, 0.3) is 8.32 Å². The van der Waals surface area contributed by atoms with Crippen LogP contribution in [0.2, 0.25) is 0 Å². The molecule has 10 heteroatoms. The van der Waals surface area contributed by atoms with Crippen molar-refractivity contribution in [2.75, 3.05) is 13.2 Å². The van der Waals surface area contributed by atoms with Crippen LogP contribution in [-0.2, 0) is 29.0 Å². The van der Waals surface area contributed by atoms with E-state index in [9.17, 15) is 9.59 Å². The molecule has 2 atom stereocenters. The fourth-order valence-corrected chi connectivity index (χ4v) is 10.2. The number of hydrogen-bond donors (Lipinski definition) is 0. The quantitative estimate of drug-likeness (QED) is 0.124. The van der Waals surface area contributed by atoms with Crippen LogP contribution in [0, 0.1) is 5.41 Å². The molecule has 0 aliphatic heterocycles. The molecular formula is C35H44N4O5Si. The van der Waals surface area contributed by atoms with E-state index in [0.717, 1.165) is 15.6 Å². The Kier molecular flexibility index (Phi) is 10.7. The summed E-state index contributed by atoms with van der Waals surface area (Å²) in [6, 6.07) is 29.5. The summed E-state index contributed by atoms with van der Waals surface area (Å²) >= 11 is 0. The second kappa shape index (κ2) is 14.3. The van der Waals surface area contributed by atoms with Crippen molar-refractivity contribution in [1.29, 1.82) is 0 Å². The Morgan fingerprint density at radius 1 is 0.733 bits per heavy atom. The first-order valence-electron chi connectivity index (χ1n) is 15.4. The minimum absolute atomic E-state index is 0.0841. The molecule has 1 heterocycles. The van der Waals surface area contributed by atoms with Gasteiger partial charge in [0.1, 0.15) is 0 Å². The molecule has 0 fully saturated rings. The molecule has 0 N–H and O–H groups in total. The van der Waals surface area contributed by atoms with Crippen LogP contribution in [0.3, 0.4) is 0 Å². The maximum atomic E-state index is 14.1. The van der Waals surface area contributed by atoms with E-state index in [-0.39, 0.29) is 24.5 Å². The second-order valence-electron chi connectivity index (χ2n) is 12.8. The molecule has 1 aromatic heterocycles. The van der Waals surface area contributed by atoms with Gasteiger partial charge in [-0.1, -0.05) is 112 Å². The molecule has 0 unspecified atom stereocenters. The highest BCUT2D eigenvalue weighted by Crippen LogP contribution is 2.35. The van der Waals surface area contributed by atoms with Gasteiger partial charge in [-0.25, -0.2) is 9.48 Å². The molecule has 4 aromatic rings. The smallest absolute Gasteiger partial charge is 0.335 e. The molecule has 0 aliphatic rings. The van der Waals surface area contributed by atoms with Crippen molar-refractivity contribution in [3.8, 4) is 0 Å². The first-order valence-corrected chi connectivity index (χ1v) is 17.3. The zero-order valence-corrected chi connectivity index (χ0v) is 28.3. The summed E-state index contributed by atoms with van der Waals surface area (Å²) in [5.41, 5.74) is -0.701. The van der Waals surface area contributed by atoms with Gasteiger partial charge in [-0.2, -0.15) is 0 Å². The van der Waals surface area contributed by atoms with Gasteiger partial charge in [-0.05, 0) is 65.5 Å². The third kappa shape index (κ3) is 7.57. The van der Waals surface area contributed by atoms with Crippen molar-refractivity contribution in [2.45, 2.75) is 72.4 Å². The second-order valence-corrected chi connectivity index (χ2v) is 16.1. The molecule has 0 spiro atoms. The largest absolute Gasteiger partial charge is 0.465 e. The lowest BCUT2D eigenvalue weighted by molar-refractivity contribution is -0.161. The van der Waals surface area contributed by atoms with Crippen molar-refractivity contribution in [3.63, 3.8) is 0 Å². The van der Waals surface area contributed by atoms with Crippen LogP contribution in [-0.4, -0.2) is 59.8 Å². The number of aromatic nitrogens is 4. The number of benzene rings is 3. The van der Waals surface area contributed by atoms with E-state index in [1.54, 1.807) is 18.5 Å². The summed E-state index contributed by atoms with van der Waals surface area (Å²) in [5, 5.41) is 15.4. The molecule has 45 heavy (non-hydrogen) atoms.